The Morgan fingerprint density at radius 1 is 1.47 bits per heavy atom. The predicted octanol–water partition coefficient (Wildman–Crippen LogP) is 3.50. The van der Waals surface area contributed by atoms with Gasteiger partial charge in [-0.3, -0.25) is 4.79 Å². The molecule has 2 rings (SSSR count). The third-order valence-electron chi connectivity index (χ3n) is 3.45. The van der Waals surface area contributed by atoms with Gasteiger partial charge in [0, 0.05) is 19.5 Å². The van der Waals surface area contributed by atoms with Crippen LogP contribution in [0.2, 0.25) is 0 Å². The fraction of sp³-hybridized carbons (Fsp3) is 0.643. The molecule has 1 saturated heterocycles. The van der Waals surface area contributed by atoms with Crippen LogP contribution >= 0.6 is 11.3 Å². The topological polar surface area (TPSA) is 20.3 Å². The number of nitrogens with zero attached hydrogens (tertiary/aromatic N) is 1. The van der Waals surface area contributed by atoms with Gasteiger partial charge in [-0.15, -0.1) is 0 Å². The lowest BCUT2D eigenvalue weighted by Crippen LogP contribution is -2.38. The lowest BCUT2D eigenvalue weighted by atomic mass is 9.91. The van der Waals surface area contributed by atoms with Gasteiger partial charge in [-0.1, -0.05) is 13.8 Å². The Morgan fingerprint density at radius 2 is 2.18 bits per heavy atom. The second-order valence-corrected chi connectivity index (χ2v) is 6.09. The van der Waals surface area contributed by atoms with Gasteiger partial charge in [0.1, 0.15) is 0 Å². The fourth-order valence-corrected chi connectivity index (χ4v) is 3.19. The van der Waals surface area contributed by atoms with Gasteiger partial charge in [0.25, 0.3) is 0 Å². The fourth-order valence-electron chi connectivity index (χ4n) is 2.45. The van der Waals surface area contributed by atoms with Crippen molar-refractivity contribution < 1.29 is 4.79 Å². The molecule has 17 heavy (non-hydrogen) atoms. The molecule has 0 N–H and O–H groups in total. The van der Waals surface area contributed by atoms with E-state index in [1.165, 1.54) is 5.56 Å². The van der Waals surface area contributed by atoms with Crippen molar-refractivity contribution >= 4 is 17.2 Å². The van der Waals surface area contributed by atoms with Crippen molar-refractivity contribution in [2.24, 2.45) is 5.92 Å². The molecule has 1 aliphatic heterocycles. The zero-order valence-corrected chi connectivity index (χ0v) is 11.5. The van der Waals surface area contributed by atoms with Crippen molar-refractivity contribution in [2.75, 3.05) is 13.1 Å². The zero-order chi connectivity index (χ0) is 12.3. The van der Waals surface area contributed by atoms with Crippen LogP contribution < -0.4 is 0 Å². The lowest BCUT2D eigenvalue weighted by Gasteiger charge is -2.32. The highest BCUT2D eigenvalue weighted by molar-refractivity contribution is 7.07. The number of carbonyl (C=O) groups is 1. The van der Waals surface area contributed by atoms with Crippen LogP contribution in [-0.2, 0) is 4.79 Å². The van der Waals surface area contributed by atoms with Crippen LogP contribution in [0.1, 0.15) is 44.6 Å². The number of rotatable bonds is 3. The maximum absolute atomic E-state index is 11.9. The summed E-state index contributed by atoms with van der Waals surface area (Å²) in [4.78, 5) is 14.0. The van der Waals surface area contributed by atoms with E-state index >= 15 is 0 Å². The van der Waals surface area contributed by atoms with Crippen LogP contribution in [0, 0.1) is 5.92 Å². The van der Waals surface area contributed by atoms with E-state index in [9.17, 15) is 4.79 Å². The van der Waals surface area contributed by atoms with Gasteiger partial charge in [0.05, 0.1) is 0 Å². The molecule has 1 aromatic heterocycles. The van der Waals surface area contributed by atoms with Crippen molar-refractivity contribution in [1.82, 2.24) is 4.90 Å². The maximum atomic E-state index is 11.9. The quantitative estimate of drug-likeness (QED) is 0.805. The van der Waals surface area contributed by atoms with Gasteiger partial charge in [-0.25, -0.2) is 0 Å². The Labute approximate surface area is 108 Å². The number of thiophene rings is 1. The molecule has 0 radical (unpaired) electrons. The molecule has 0 aliphatic carbocycles. The Hall–Kier alpha value is -0.830. The van der Waals surface area contributed by atoms with E-state index in [2.05, 4.69) is 30.7 Å². The number of piperidine rings is 1. The van der Waals surface area contributed by atoms with Gasteiger partial charge < -0.3 is 4.90 Å². The molecule has 0 saturated carbocycles. The molecule has 1 amide bonds. The first-order valence-corrected chi connectivity index (χ1v) is 7.41. The van der Waals surface area contributed by atoms with Crippen LogP contribution in [0.25, 0.3) is 0 Å². The summed E-state index contributed by atoms with van der Waals surface area (Å²) in [5.74, 6) is 1.48. The number of hydrogen-bond acceptors (Lipinski definition) is 2. The van der Waals surface area contributed by atoms with Crippen LogP contribution in [-0.4, -0.2) is 23.9 Å². The van der Waals surface area contributed by atoms with E-state index < -0.39 is 0 Å². The van der Waals surface area contributed by atoms with Crippen LogP contribution in [0.4, 0.5) is 0 Å². The summed E-state index contributed by atoms with van der Waals surface area (Å²) < 4.78 is 0. The van der Waals surface area contributed by atoms with Gasteiger partial charge in [-0.2, -0.15) is 11.3 Å². The minimum absolute atomic E-state index is 0.337. The molecule has 2 nitrogen and oxygen atoms in total. The SMILES string of the molecule is CC(C)CC(=O)N1CCC(c2ccsc2)CC1. The number of carbonyl (C=O) groups excluding carboxylic acids is 1. The molecule has 2 heterocycles. The highest BCUT2D eigenvalue weighted by Crippen LogP contribution is 2.29. The van der Waals surface area contributed by atoms with E-state index in [0.29, 0.717) is 24.2 Å². The monoisotopic (exact) mass is 251 g/mol. The molecule has 1 fully saturated rings. The highest BCUT2D eigenvalue weighted by atomic mass is 32.1. The highest BCUT2D eigenvalue weighted by Gasteiger charge is 2.23. The van der Waals surface area contributed by atoms with Crippen LogP contribution in [0.3, 0.4) is 0 Å². The van der Waals surface area contributed by atoms with Gasteiger partial charge in [-0.05, 0) is 47.1 Å². The van der Waals surface area contributed by atoms with E-state index in [1.54, 1.807) is 11.3 Å². The first-order chi connectivity index (χ1) is 8.16. The van der Waals surface area contributed by atoms with Crippen molar-refractivity contribution in [3.63, 3.8) is 0 Å². The summed E-state index contributed by atoms with van der Waals surface area (Å²) in [7, 11) is 0. The zero-order valence-electron chi connectivity index (χ0n) is 10.7. The first kappa shape index (κ1) is 12.6. The standard InChI is InChI=1S/C14H21NOS/c1-11(2)9-14(16)15-6-3-12(4-7-15)13-5-8-17-10-13/h5,8,10-12H,3-4,6-7,9H2,1-2H3. The van der Waals surface area contributed by atoms with Crippen LogP contribution in [0.5, 0.6) is 0 Å². The largest absolute Gasteiger partial charge is 0.343 e. The Bertz CT molecular complexity index is 350. The molecule has 3 heteroatoms. The minimum Gasteiger partial charge on any atom is -0.343 e. The molecule has 0 bridgehead atoms. The normalized spacial score (nSPS) is 17.7. The molecule has 0 unspecified atom stereocenters. The number of amides is 1. The van der Waals surface area contributed by atoms with E-state index in [-0.39, 0.29) is 0 Å². The molecular weight excluding hydrogens is 230 g/mol. The van der Waals surface area contributed by atoms with Gasteiger partial charge >= 0.3 is 0 Å². The van der Waals surface area contributed by atoms with Crippen LogP contribution in [0.15, 0.2) is 16.8 Å². The summed E-state index contributed by atoms with van der Waals surface area (Å²) in [5, 5.41) is 4.39. The minimum atomic E-state index is 0.337. The molecule has 0 aromatic carbocycles. The molecule has 94 valence electrons. The van der Waals surface area contributed by atoms with Gasteiger partial charge in [0.15, 0.2) is 0 Å². The third-order valence-corrected chi connectivity index (χ3v) is 4.15. The van der Waals surface area contributed by atoms with Gasteiger partial charge in [0.2, 0.25) is 5.91 Å². The van der Waals surface area contributed by atoms with Crippen molar-refractivity contribution in [3.8, 4) is 0 Å². The molecule has 0 spiro atoms. The summed E-state index contributed by atoms with van der Waals surface area (Å²) in [6.07, 6.45) is 2.95. The summed E-state index contributed by atoms with van der Waals surface area (Å²) in [6, 6.07) is 2.22. The van der Waals surface area contributed by atoms with Crippen molar-refractivity contribution in [3.05, 3.63) is 22.4 Å². The van der Waals surface area contributed by atoms with E-state index in [0.717, 1.165) is 25.9 Å². The molecule has 1 aromatic rings. The third kappa shape index (κ3) is 3.32. The summed E-state index contributed by atoms with van der Waals surface area (Å²) >= 11 is 1.77. The van der Waals surface area contributed by atoms with E-state index in [4.69, 9.17) is 0 Å². The first-order valence-electron chi connectivity index (χ1n) is 6.46. The predicted molar refractivity (Wildman–Crippen MR) is 72.3 cm³/mol. The Kier molecular flexibility index (Phi) is 4.21. The molecular formula is C14H21NOS. The van der Waals surface area contributed by atoms with E-state index in [1.807, 2.05) is 4.90 Å². The maximum Gasteiger partial charge on any atom is 0.222 e. The second kappa shape index (κ2) is 5.67. The Morgan fingerprint density at radius 3 is 2.71 bits per heavy atom. The average molecular weight is 251 g/mol. The lowest BCUT2D eigenvalue weighted by molar-refractivity contribution is -0.133. The average Bonchev–Trinajstić information content (AvgIpc) is 2.82. The number of hydrogen-bond donors (Lipinski definition) is 0. The molecule has 1 aliphatic rings. The smallest absolute Gasteiger partial charge is 0.222 e. The molecule has 0 atom stereocenters. The summed E-state index contributed by atoms with van der Waals surface area (Å²) in [6.45, 7) is 6.09. The van der Waals surface area contributed by atoms with Crippen molar-refractivity contribution in [1.29, 1.82) is 0 Å². The number of likely N-dealkylation sites (tertiary alicyclic amines) is 1. The second-order valence-electron chi connectivity index (χ2n) is 5.31. The Balaban J connectivity index is 1.84. The summed E-state index contributed by atoms with van der Waals surface area (Å²) in [5.41, 5.74) is 1.46. The van der Waals surface area contributed by atoms with Crippen molar-refractivity contribution in [2.45, 2.75) is 39.0 Å².